The summed E-state index contributed by atoms with van der Waals surface area (Å²) < 4.78 is 2.94. The molecule has 0 bridgehead atoms. The van der Waals surface area contributed by atoms with E-state index in [4.69, 9.17) is 0 Å². The molecular formula is C19H23N5O3S. The first-order valence-corrected chi connectivity index (χ1v) is 10.3. The van der Waals surface area contributed by atoms with E-state index in [2.05, 4.69) is 15.8 Å². The predicted molar refractivity (Wildman–Crippen MR) is 105 cm³/mol. The molecule has 1 aliphatic heterocycles. The van der Waals surface area contributed by atoms with Crippen LogP contribution < -0.4 is 15.5 Å². The van der Waals surface area contributed by atoms with Crippen LogP contribution in [0.15, 0.2) is 29.4 Å². The third kappa shape index (κ3) is 2.99. The third-order valence-corrected chi connectivity index (χ3v) is 6.91. The number of carbonyl (C=O) groups is 3. The van der Waals surface area contributed by atoms with E-state index in [9.17, 15) is 14.4 Å². The van der Waals surface area contributed by atoms with Crippen LogP contribution >= 0.6 is 11.3 Å². The fourth-order valence-electron chi connectivity index (χ4n) is 4.12. The highest BCUT2D eigenvalue weighted by Crippen LogP contribution is 2.38. The average molecular weight is 401 g/mol. The van der Waals surface area contributed by atoms with Gasteiger partial charge in [-0.1, -0.05) is 43.2 Å². The van der Waals surface area contributed by atoms with E-state index >= 15 is 0 Å². The van der Waals surface area contributed by atoms with Crippen molar-refractivity contribution in [3.05, 3.63) is 29.1 Å². The molecule has 2 aliphatic rings. The van der Waals surface area contributed by atoms with Crippen LogP contribution in [0.5, 0.6) is 0 Å². The molecular weight excluding hydrogens is 378 g/mol. The maximum atomic E-state index is 12.9. The molecule has 1 saturated carbocycles. The Hall–Kier alpha value is -2.68. The lowest BCUT2D eigenvalue weighted by atomic mass is 9.73. The maximum Gasteiger partial charge on any atom is 0.325 e. The molecule has 1 aromatic heterocycles. The Kier molecular flexibility index (Phi) is 4.70. The number of nitrogens with one attached hydrogen (secondary N) is 2. The van der Waals surface area contributed by atoms with Crippen molar-refractivity contribution < 1.29 is 14.4 Å². The molecule has 1 aliphatic carbocycles. The first kappa shape index (κ1) is 18.7. The molecule has 28 heavy (non-hydrogen) atoms. The zero-order valence-corrected chi connectivity index (χ0v) is 16.7. The first-order chi connectivity index (χ1) is 13.4. The normalized spacial score (nSPS) is 25.6. The van der Waals surface area contributed by atoms with Crippen LogP contribution in [0.4, 0.5) is 4.79 Å². The lowest BCUT2D eigenvalue weighted by molar-refractivity contribution is -0.137. The number of carbonyl (C=O) groups excluding carboxylic acids is 3. The lowest BCUT2D eigenvalue weighted by Crippen LogP contribution is -2.54. The number of nitrogens with zero attached hydrogens (tertiary/aromatic N) is 3. The predicted octanol–water partition coefficient (Wildman–Crippen LogP) is 1.67. The van der Waals surface area contributed by atoms with Crippen LogP contribution in [0.25, 0.3) is 10.2 Å². The highest BCUT2D eigenvalue weighted by atomic mass is 32.1. The van der Waals surface area contributed by atoms with Gasteiger partial charge in [0.15, 0.2) is 0 Å². The van der Waals surface area contributed by atoms with Crippen molar-refractivity contribution in [2.75, 3.05) is 6.54 Å². The van der Waals surface area contributed by atoms with Gasteiger partial charge in [-0.15, -0.1) is 5.10 Å². The summed E-state index contributed by atoms with van der Waals surface area (Å²) >= 11 is 1.45. The highest BCUT2D eigenvalue weighted by molar-refractivity contribution is 7.16. The molecule has 4 rings (SSSR count). The standard InChI is InChI=1S/C19H23N5O3S/c1-12-7-5-6-10-19(12)16(26)24(17(27)20-19)11-15(25)21-22-18-23(2)13-8-3-4-9-14(13)28-18/h3-4,8-9,12H,5-7,10-11H2,1-2H3,(H,20,27)(H,21,25)/b22-18+. The molecule has 8 nitrogen and oxygen atoms in total. The van der Waals surface area contributed by atoms with E-state index in [1.54, 1.807) is 0 Å². The zero-order valence-electron chi connectivity index (χ0n) is 15.9. The second-order valence-electron chi connectivity index (χ2n) is 7.50. The summed E-state index contributed by atoms with van der Waals surface area (Å²) in [6, 6.07) is 7.35. The number of aryl methyl sites for hydroxylation is 1. The smallest absolute Gasteiger partial charge is 0.323 e. The minimum absolute atomic E-state index is 0.0630. The van der Waals surface area contributed by atoms with Gasteiger partial charge >= 0.3 is 6.03 Å². The van der Waals surface area contributed by atoms with Crippen molar-refractivity contribution >= 4 is 39.4 Å². The summed E-state index contributed by atoms with van der Waals surface area (Å²) in [5.41, 5.74) is 2.63. The van der Waals surface area contributed by atoms with E-state index in [1.165, 1.54) is 11.3 Å². The minimum atomic E-state index is -0.856. The molecule has 1 saturated heterocycles. The van der Waals surface area contributed by atoms with Gasteiger partial charge in [0, 0.05) is 7.05 Å². The number of hydrogen-bond acceptors (Lipinski definition) is 5. The van der Waals surface area contributed by atoms with Crippen LogP contribution in [0.3, 0.4) is 0 Å². The van der Waals surface area contributed by atoms with Crippen LogP contribution in [-0.4, -0.2) is 39.4 Å². The number of rotatable bonds is 3. The van der Waals surface area contributed by atoms with Crippen molar-refractivity contribution in [3.63, 3.8) is 0 Å². The molecule has 9 heteroatoms. The van der Waals surface area contributed by atoms with Crippen LogP contribution in [0.1, 0.15) is 32.6 Å². The van der Waals surface area contributed by atoms with Gasteiger partial charge in [-0.2, -0.15) is 0 Å². The number of amides is 4. The number of fused-ring (bicyclic) bond motifs is 1. The Morgan fingerprint density at radius 3 is 2.89 bits per heavy atom. The molecule has 0 radical (unpaired) electrons. The lowest BCUT2D eigenvalue weighted by Gasteiger charge is -2.36. The summed E-state index contributed by atoms with van der Waals surface area (Å²) in [4.78, 5) is 39.3. The Bertz CT molecular complexity index is 1030. The molecule has 4 amide bonds. The Labute approximate surface area is 166 Å². The molecule has 2 atom stereocenters. The van der Waals surface area contributed by atoms with E-state index in [1.807, 2.05) is 42.8 Å². The van der Waals surface area contributed by atoms with Gasteiger partial charge in [-0.05, 0) is 30.9 Å². The van der Waals surface area contributed by atoms with Crippen LogP contribution in [0, 0.1) is 5.92 Å². The summed E-state index contributed by atoms with van der Waals surface area (Å²) in [6.45, 7) is 1.65. The molecule has 2 fully saturated rings. The van der Waals surface area contributed by atoms with Crippen molar-refractivity contribution in [1.82, 2.24) is 20.2 Å². The topological polar surface area (TPSA) is 95.8 Å². The van der Waals surface area contributed by atoms with Gasteiger partial charge in [0.05, 0.1) is 10.2 Å². The number of hydrogen-bond donors (Lipinski definition) is 2. The van der Waals surface area contributed by atoms with Gasteiger partial charge in [-0.3, -0.25) is 14.5 Å². The summed E-state index contributed by atoms with van der Waals surface area (Å²) in [5.74, 6) is -0.734. The average Bonchev–Trinajstić information content (AvgIpc) is 3.12. The summed E-state index contributed by atoms with van der Waals surface area (Å²) in [5, 5.41) is 7.02. The summed E-state index contributed by atoms with van der Waals surface area (Å²) in [6.07, 6.45) is 3.47. The number of imide groups is 1. The second-order valence-corrected chi connectivity index (χ2v) is 8.51. The maximum absolute atomic E-state index is 12.9. The fraction of sp³-hybridized carbons (Fsp3) is 0.474. The number of urea groups is 1. The monoisotopic (exact) mass is 401 g/mol. The SMILES string of the molecule is CC1CCCCC12NC(=O)N(CC(=O)N/N=c1/sc3ccccc3n1C)C2=O. The van der Waals surface area contributed by atoms with Crippen molar-refractivity contribution in [3.8, 4) is 0 Å². The fourth-order valence-corrected chi connectivity index (χ4v) is 5.10. The van der Waals surface area contributed by atoms with Gasteiger partial charge in [0.25, 0.3) is 11.8 Å². The third-order valence-electron chi connectivity index (χ3n) is 5.79. The van der Waals surface area contributed by atoms with Crippen LogP contribution in [-0.2, 0) is 16.6 Å². The number of aromatic nitrogens is 1. The van der Waals surface area contributed by atoms with E-state index in [0.717, 1.165) is 34.4 Å². The molecule has 2 N–H and O–H groups in total. The Morgan fingerprint density at radius 1 is 1.36 bits per heavy atom. The van der Waals surface area contributed by atoms with Crippen LogP contribution in [0.2, 0.25) is 0 Å². The molecule has 2 heterocycles. The molecule has 1 aromatic carbocycles. The van der Waals surface area contributed by atoms with Crippen molar-refractivity contribution in [1.29, 1.82) is 0 Å². The minimum Gasteiger partial charge on any atom is -0.323 e. The van der Waals surface area contributed by atoms with Gasteiger partial charge in [-0.25, -0.2) is 10.2 Å². The van der Waals surface area contributed by atoms with Gasteiger partial charge < -0.3 is 9.88 Å². The number of thiazole rings is 1. The van der Waals surface area contributed by atoms with Gasteiger partial charge in [0.1, 0.15) is 12.1 Å². The highest BCUT2D eigenvalue weighted by Gasteiger charge is 2.55. The number of para-hydroxylation sites is 1. The number of benzene rings is 1. The second kappa shape index (κ2) is 7.05. The van der Waals surface area contributed by atoms with Crippen molar-refractivity contribution in [2.45, 2.75) is 38.1 Å². The molecule has 2 unspecified atom stereocenters. The molecule has 1 spiro atoms. The summed E-state index contributed by atoms with van der Waals surface area (Å²) in [7, 11) is 1.87. The molecule has 148 valence electrons. The Balaban J connectivity index is 1.48. The van der Waals surface area contributed by atoms with E-state index < -0.39 is 17.5 Å². The quantitative estimate of drug-likeness (QED) is 0.605. The largest absolute Gasteiger partial charge is 0.325 e. The van der Waals surface area contributed by atoms with E-state index in [-0.39, 0.29) is 18.4 Å². The Morgan fingerprint density at radius 2 is 2.14 bits per heavy atom. The zero-order chi connectivity index (χ0) is 19.9. The van der Waals surface area contributed by atoms with Gasteiger partial charge in [0.2, 0.25) is 4.80 Å². The van der Waals surface area contributed by atoms with E-state index in [0.29, 0.717) is 11.2 Å². The van der Waals surface area contributed by atoms with Crippen molar-refractivity contribution in [2.24, 2.45) is 18.1 Å². The molecule has 2 aromatic rings. The first-order valence-electron chi connectivity index (χ1n) is 9.43.